The maximum Gasteiger partial charge on any atom is 0.387 e. The molecule has 100 valence electrons. The summed E-state index contributed by atoms with van der Waals surface area (Å²) in [4.78, 5) is 0. The van der Waals surface area contributed by atoms with Gasteiger partial charge in [-0.3, -0.25) is 0 Å². The lowest BCUT2D eigenvalue weighted by molar-refractivity contribution is -0.0498. The molecule has 0 aliphatic carbocycles. The van der Waals surface area contributed by atoms with Crippen LogP contribution >= 0.6 is 0 Å². The lowest BCUT2D eigenvalue weighted by Crippen LogP contribution is -2.01. The molecule has 2 aromatic rings. The van der Waals surface area contributed by atoms with Crippen LogP contribution in [-0.4, -0.2) is 6.61 Å². The highest BCUT2D eigenvalue weighted by Gasteiger charge is 2.04. The van der Waals surface area contributed by atoms with Crippen molar-refractivity contribution in [2.45, 2.75) is 13.5 Å². The third kappa shape index (κ3) is 3.58. The second-order valence-electron chi connectivity index (χ2n) is 4.10. The number of rotatable bonds is 4. The molecule has 0 radical (unpaired) electrons. The summed E-state index contributed by atoms with van der Waals surface area (Å²) in [5.41, 5.74) is 9.12. The van der Waals surface area contributed by atoms with Crippen LogP contribution in [0.15, 0.2) is 42.5 Å². The Hall–Kier alpha value is -2.30. The molecule has 0 fully saturated rings. The summed E-state index contributed by atoms with van der Waals surface area (Å²) in [6.07, 6.45) is 0. The molecule has 0 aromatic heterocycles. The number of hydrogen-bond acceptors (Lipinski definition) is 3. The van der Waals surface area contributed by atoms with E-state index in [4.69, 9.17) is 5.73 Å². The van der Waals surface area contributed by atoms with Crippen molar-refractivity contribution in [1.29, 1.82) is 0 Å². The van der Waals surface area contributed by atoms with E-state index < -0.39 is 6.61 Å². The number of ether oxygens (including phenoxy) is 1. The smallest absolute Gasteiger partial charge is 0.387 e. The molecule has 5 heteroatoms. The second-order valence-corrected chi connectivity index (χ2v) is 4.10. The van der Waals surface area contributed by atoms with E-state index >= 15 is 0 Å². The lowest BCUT2D eigenvalue weighted by atomic mass is 10.2. The van der Waals surface area contributed by atoms with Crippen molar-refractivity contribution < 1.29 is 13.5 Å². The highest BCUT2D eigenvalue weighted by molar-refractivity contribution is 5.65. The summed E-state index contributed by atoms with van der Waals surface area (Å²) in [6.45, 7) is -0.883. The fraction of sp³-hybridized carbons (Fsp3) is 0.143. The van der Waals surface area contributed by atoms with Crippen molar-refractivity contribution >= 4 is 17.1 Å². The number of benzene rings is 2. The molecule has 0 atom stereocenters. The van der Waals surface area contributed by atoms with Crippen LogP contribution in [0.5, 0.6) is 5.75 Å². The highest BCUT2D eigenvalue weighted by Crippen LogP contribution is 2.23. The number of nitrogens with two attached hydrogens (primary N) is 1. The number of alkyl halides is 2. The third-order valence-electron chi connectivity index (χ3n) is 2.65. The maximum absolute atomic E-state index is 12.0. The topological polar surface area (TPSA) is 47.3 Å². The van der Waals surface area contributed by atoms with Crippen LogP contribution in [0.1, 0.15) is 5.56 Å². The first-order valence-corrected chi connectivity index (χ1v) is 5.72. The molecule has 0 spiro atoms. The van der Waals surface area contributed by atoms with Gasteiger partial charge in [0.15, 0.2) is 0 Å². The van der Waals surface area contributed by atoms with Gasteiger partial charge in [-0.05, 0) is 48.9 Å². The zero-order valence-corrected chi connectivity index (χ0v) is 10.4. The molecule has 2 rings (SSSR count). The molecule has 0 saturated carbocycles. The number of nitrogen functional groups attached to an aromatic ring is 1. The standard InChI is InChI=1S/C14H14F2N2O/c1-9-2-3-11(8-13(9)17)18-10-4-6-12(7-5-10)19-14(15)16/h2-8,14,18H,17H2,1H3. The summed E-state index contributed by atoms with van der Waals surface area (Å²) in [7, 11) is 0. The van der Waals surface area contributed by atoms with E-state index in [-0.39, 0.29) is 5.75 Å². The number of halogens is 2. The molecule has 0 aliphatic heterocycles. The Morgan fingerprint density at radius 1 is 1.05 bits per heavy atom. The number of hydrogen-bond donors (Lipinski definition) is 2. The molecule has 0 aliphatic rings. The van der Waals surface area contributed by atoms with Gasteiger partial charge in [-0.25, -0.2) is 0 Å². The van der Waals surface area contributed by atoms with Crippen molar-refractivity contribution in [2.75, 3.05) is 11.1 Å². The van der Waals surface area contributed by atoms with Crippen LogP contribution in [0.3, 0.4) is 0 Å². The SMILES string of the molecule is Cc1ccc(Nc2ccc(OC(F)F)cc2)cc1N. The zero-order chi connectivity index (χ0) is 13.8. The number of anilines is 3. The molecule has 0 unspecified atom stereocenters. The van der Waals surface area contributed by atoms with Gasteiger partial charge in [0.25, 0.3) is 0 Å². The first-order chi connectivity index (χ1) is 9.04. The normalized spacial score (nSPS) is 10.5. The molecule has 19 heavy (non-hydrogen) atoms. The van der Waals surface area contributed by atoms with Gasteiger partial charge < -0.3 is 15.8 Å². The maximum atomic E-state index is 12.0. The van der Waals surface area contributed by atoms with Crippen molar-refractivity contribution in [2.24, 2.45) is 0 Å². The Morgan fingerprint density at radius 2 is 1.68 bits per heavy atom. The predicted molar refractivity (Wildman–Crippen MR) is 71.9 cm³/mol. The molecule has 0 amide bonds. The number of nitrogens with one attached hydrogen (secondary N) is 1. The summed E-state index contributed by atoms with van der Waals surface area (Å²) in [5, 5.41) is 3.13. The third-order valence-corrected chi connectivity index (χ3v) is 2.65. The van der Waals surface area contributed by atoms with Crippen molar-refractivity contribution in [1.82, 2.24) is 0 Å². The first-order valence-electron chi connectivity index (χ1n) is 5.72. The van der Waals surface area contributed by atoms with Crippen LogP contribution in [0, 0.1) is 6.92 Å². The van der Waals surface area contributed by atoms with E-state index in [1.807, 2.05) is 25.1 Å². The summed E-state index contributed by atoms with van der Waals surface area (Å²) in [5.74, 6) is 0.129. The van der Waals surface area contributed by atoms with Crippen LogP contribution in [0.2, 0.25) is 0 Å². The fourth-order valence-electron chi connectivity index (χ4n) is 1.60. The Kier molecular flexibility index (Phi) is 3.85. The summed E-state index contributed by atoms with van der Waals surface area (Å²) in [6, 6.07) is 11.9. The minimum atomic E-state index is -2.81. The molecule has 2 aromatic carbocycles. The molecule has 0 heterocycles. The molecule has 0 saturated heterocycles. The minimum Gasteiger partial charge on any atom is -0.435 e. The monoisotopic (exact) mass is 264 g/mol. The minimum absolute atomic E-state index is 0.129. The lowest BCUT2D eigenvalue weighted by Gasteiger charge is -2.09. The Bertz CT molecular complexity index is 556. The van der Waals surface area contributed by atoms with Gasteiger partial charge >= 0.3 is 6.61 Å². The zero-order valence-electron chi connectivity index (χ0n) is 10.4. The van der Waals surface area contributed by atoms with E-state index in [2.05, 4.69) is 10.1 Å². The average molecular weight is 264 g/mol. The summed E-state index contributed by atoms with van der Waals surface area (Å²) < 4.78 is 28.3. The molecule has 3 N–H and O–H groups in total. The Morgan fingerprint density at radius 3 is 2.26 bits per heavy atom. The average Bonchev–Trinajstić information content (AvgIpc) is 2.36. The van der Waals surface area contributed by atoms with E-state index in [0.717, 1.165) is 16.9 Å². The van der Waals surface area contributed by atoms with Gasteiger partial charge in [-0.1, -0.05) is 6.07 Å². The van der Waals surface area contributed by atoms with Crippen molar-refractivity contribution in [3.05, 3.63) is 48.0 Å². The van der Waals surface area contributed by atoms with Crippen LogP contribution in [-0.2, 0) is 0 Å². The molecular formula is C14H14F2N2O. The van der Waals surface area contributed by atoms with Crippen LogP contribution < -0.4 is 15.8 Å². The fourth-order valence-corrected chi connectivity index (χ4v) is 1.60. The van der Waals surface area contributed by atoms with Gasteiger partial charge in [0.2, 0.25) is 0 Å². The largest absolute Gasteiger partial charge is 0.435 e. The van der Waals surface area contributed by atoms with Gasteiger partial charge in [0.05, 0.1) is 0 Å². The molecule has 0 bridgehead atoms. The van der Waals surface area contributed by atoms with E-state index in [0.29, 0.717) is 5.69 Å². The van der Waals surface area contributed by atoms with E-state index in [1.165, 1.54) is 12.1 Å². The van der Waals surface area contributed by atoms with Gasteiger partial charge in [-0.2, -0.15) is 8.78 Å². The quantitative estimate of drug-likeness (QED) is 0.823. The summed E-state index contributed by atoms with van der Waals surface area (Å²) >= 11 is 0. The Balaban J connectivity index is 2.08. The van der Waals surface area contributed by atoms with Gasteiger partial charge in [0, 0.05) is 17.1 Å². The highest BCUT2D eigenvalue weighted by atomic mass is 19.3. The molecular weight excluding hydrogens is 250 g/mol. The van der Waals surface area contributed by atoms with Gasteiger partial charge in [0.1, 0.15) is 5.75 Å². The molecule has 3 nitrogen and oxygen atoms in total. The van der Waals surface area contributed by atoms with Crippen LogP contribution in [0.25, 0.3) is 0 Å². The van der Waals surface area contributed by atoms with Crippen molar-refractivity contribution in [3.8, 4) is 5.75 Å². The van der Waals surface area contributed by atoms with Crippen molar-refractivity contribution in [3.63, 3.8) is 0 Å². The van der Waals surface area contributed by atoms with Crippen LogP contribution in [0.4, 0.5) is 25.8 Å². The second kappa shape index (κ2) is 5.56. The van der Waals surface area contributed by atoms with Gasteiger partial charge in [-0.15, -0.1) is 0 Å². The van der Waals surface area contributed by atoms with E-state index in [1.54, 1.807) is 12.1 Å². The van der Waals surface area contributed by atoms with E-state index in [9.17, 15) is 8.78 Å². The number of aryl methyl sites for hydroxylation is 1. The Labute approximate surface area is 110 Å². The first kappa shape index (κ1) is 13.1. The predicted octanol–water partition coefficient (Wildman–Crippen LogP) is 3.92.